The molecule has 1 aromatic carbocycles. The van der Waals surface area contributed by atoms with E-state index in [1.54, 1.807) is 4.40 Å². The van der Waals surface area contributed by atoms with Gasteiger partial charge in [-0.3, -0.25) is 9.20 Å². The summed E-state index contributed by atoms with van der Waals surface area (Å²) < 4.78 is 12.3. The number of nitrogens with zero attached hydrogens (tertiary/aromatic N) is 2. The van der Waals surface area contributed by atoms with E-state index < -0.39 is 0 Å². The first-order chi connectivity index (χ1) is 11.1. The Bertz CT molecular complexity index is 918. The third-order valence-corrected chi connectivity index (χ3v) is 4.67. The van der Waals surface area contributed by atoms with Crippen molar-refractivity contribution in [3.63, 3.8) is 0 Å². The molecule has 4 rings (SSSR count). The van der Waals surface area contributed by atoms with E-state index in [4.69, 9.17) is 21.1 Å². The van der Waals surface area contributed by atoms with Crippen molar-refractivity contribution in [2.45, 2.75) is 13.5 Å². The van der Waals surface area contributed by atoms with Gasteiger partial charge in [-0.15, -0.1) is 11.3 Å². The van der Waals surface area contributed by atoms with Crippen LogP contribution in [0.2, 0.25) is 5.15 Å². The molecule has 0 spiro atoms. The monoisotopic (exact) mass is 349 g/mol. The van der Waals surface area contributed by atoms with Crippen LogP contribution in [0.25, 0.3) is 4.96 Å². The lowest BCUT2D eigenvalue weighted by Crippen LogP contribution is -2.24. The number of hydrogen-bond donors (Lipinski definition) is 1. The smallest absolute Gasteiger partial charge is 0.271 e. The number of halogens is 1. The van der Waals surface area contributed by atoms with Gasteiger partial charge >= 0.3 is 0 Å². The third-order valence-electron chi connectivity index (χ3n) is 3.50. The van der Waals surface area contributed by atoms with Gasteiger partial charge in [0.1, 0.15) is 0 Å². The summed E-state index contributed by atoms with van der Waals surface area (Å²) >= 11 is 7.58. The number of nitrogens with one attached hydrogen (secondary N) is 1. The predicted octanol–water partition coefficient (Wildman–Crippen LogP) is 3.02. The minimum atomic E-state index is -0.266. The van der Waals surface area contributed by atoms with Crippen LogP contribution in [0.15, 0.2) is 24.4 Å². The standard InChI is InChI=1S/C15H12ClN3O3S/c1-8-6-19-12(13(16)18-15(19)23-8)14(20)17-5-9-2-3-10-11(4-9)22-7-21-10/h2-4,6H,5,7H2,1H3,(H,17,20). The molecule has 0 saturated carbocycles. The highest BCUT2D eigenvalue weighted by atomic mass is 35.5. The number of imidazole rings is 1. The number of aryl methyl sites for hydroxylation is 1. The second-order valence-corrected chi connectivity index (χ2v) is 6.69. The van der Waals surface area contributed by atoms with E-state index in [0.29, 0.717) is 22.9 Å². The van der Waals surface area contributed by atoms with E-state index in [1.807, 2.05) is 31.3 Å². The molecule has 0 radical (unpaired) electrons. The number of fused-ring (bicyclic) bond motifs is 2. The van der Waals surface area contributed by atoms with Crippen molar-refractivity contribution in [3.05, 3.63) is 45.7 Å². The summed E-state index contributed by atoms with van der Waals surface area (Å²) in [5.74, 6) is 1.14. The fraction of sp³-hybridized carbons (Fsp3) is 0.200. The zero-order valence-corrected chi connectivity index (χ0v) is 13.7. The highest BCUT2D eigenvalue weighted by molar-refractivity contribution is 7.17. The van der Waals surface area contributed by atoms with Crippen LogP contribution in [-0.2, 0) is 6.54 Å². The van der Waals surface area contributed by atoms with Crippen molar-refractivity contribution < 1.29 is 14.3 Å². The second-order valence-electron chi connectivity index (χ2n) is 5.12. The molecule has 1 amide bonds. The van der Waals surface area contributed by atoms with E-state index in [9.17, 15) is 4.79 Å². The summed E-state index contributed by atoms with van der Waals surface area (Å²) in [6.07, 6.45) is 1.86. The number of thiazole rings is 1. The Hall–Kier alpha value is -2.25. The van der Waals surface area contributed by atoms with Gasteiger partial charge in [0.15, 0.2) is 27.3 Å². The molecule has 3 aromatic rings. The molecule has 23 heavy (non-hydrogen) atoms. The highest BCUT2D eigenvalue weighted by Gasteiger charge is 2.20. The fourth-order valence-corrected chi connectivity index (χ4v) is 3.58. The first-order valence-electron chi connectivity index (χ1n) is 6.92. The van der Waals surface area contributed by atoms with Crippen LogP contribution in [0.4, 0.5) is 0 Å². The van der Waals surface area contributed by atoms with Gasteiger partial charge in [-0.1, -0.05) is 17.7 Å². The van der Waals surface area contributed by atoms with Gasteiger partial charge in [0.25, 0.3) is 5.91 Å². The largest absolute Gasteiger partial charge is 0.454 e. The molecular formula is C15H12ClN3O3S. The molecular weight excluding hydrogens is 338 g/mol. The third kappa shape index (κ3) is 2.51. The number of aromatic nitrogens is 2. The summed E-state index contributed by atoms with van der Waals surface area (Å²) in [6.45, 7) is 2.55. The van der Waals surface area contributed by atoms with Gasteiger partial charge in [-0.25, -0.2) is 4.98 Å². The van der Waals surface area contributed by atoms with Gasteiger partial charge in [0, 0.05) is 17.6 Å². The Morgan fingerprint density at radius 3 is 3.13 bits per heavy atom. The van der Waals surface area contributed by atoms with Gasteiger partial charge in [0.2, 0.25) is 6.79 Å². The van der Waals surface area contributed by atoms with Crippen molar-refractivity contribution in [1.29, 1.82) is 0 Å². The van der Waals surface area contributed by atoms with Crippen LogP contribution in [0.1, 0.15) is 20.9 Å². The zero-order chi connectivity index (χ0) is 16.0. The second kappa shape index (κ2) is 5.43. The van der Waals surface area contributed by atoms with Crippen LogP contribution in [0, 0.1) is 6.92 Å². The Labute approximate surface area is 140 Å². The van der Waals surface area contributed by atoms with Crippen molar-refractivity contribution in [2.75, 3.05) is 6.79 Å². The topological polar surface area (TPSA) is 64.9 Å². The summed E-state index contributed by atoms with van der Waals surface area (Å²) in [5.41, 5.74) is 1.27. The molecule has 1 aliphatic rings. The van der Waals surface area contributed by atoms with Crippen LogP contribution in [0.3, 0.4) is 0 Å². The Kier molecular flexibility index (Phi) is 3.39. The molecule has 0 bridgehead atoms. The molecule has 0 fully saturated rings. The molecule has 3 heterocycles. The van der Waals surface area contributed by atoms with Crippen LogP contribution in [-0.4, -0.2) is 22.1 Å². The van der Waals surface area contributed by atoms with Crippen LogP contribution in [0.5, 0.6) is 11.5 Å². The van der Waals surface area contributed by atoms with Crippen LogP contribution >= 0.6 is 22.9 Å². The van der Waals surface area contributed by atoms with E-state index in [0.717, 1.165) is 16.2 Å². The molecule has 6 nitrogen and oxygen atoms in total. The Balaban J connectivity index is 1.54. The molecule has 2 aromatic heterocycles. The predicted molar refractivity (Wildman–Crippen MR) is 86.6 cm³/mol. The number of hydrogen-bond acceptors (Lipinski definition) is 5. The van der Waals surface area contributed by atoms with Crippen LogP contribution < -0.4 is 14.8 Å². The number of amides is 1. The van der Waals surface area contributed by atoms with E-state index >= 15 is 0 Å². The quantitative estimate of drug-likeness (QED) is 0.789. The number of carbonyl (C=O) groups is 1. The average molecular weight is 350 g/mol. The van der Waals surface area contributed by atoms with Gasteiger partial charge in [0.05, 0.1) is 0 Å². The van der Waals surface area contributed by atoms with E-state index in [2.05, 4.69) is 10.3 Å². The molecule has 0 atom stereocenters. The normalized spacial score (nSPS) is 12.8. The maximum atomic E-state index is 12.4. The number of ether oxygens (including phenoxy) is 2. The number of rotatable bonds is 3. The van der Waals surface area contributed by atoms with E-state index in [1.165, 1.54) is 11.3 Å². The summed E-state index contributed by atoms with van der Waals surface area (Å²) in [5, 5.41) is 3.07. The van der Waals surface area contributed by atoms with Gasteiger partial charge < -0.3 is 14.8 Å². The zero-order valence-electron chi connectivity index (χ0n) is 12.1. The summed E-state index contributed by atoms with van der Waals surface area (Å²) in [4.78, 5) is 18.4. The first kappa shape index (κ1) is 14.3. The van der Waals surface area contributed by atoms with E-state index in [-0.39, 0.29) is 17.9 Å². The maximum absolute atomic E-state index is 12.4. The maximum Gasteiger partial charge on any atom is 0.271 e. The lowest BCUT2D eigenvalue weighted by Gasteiger charge is -2.06. The summed E-state index contributed by atoms with van der Waals surface area (Å²) in [6, 6.07) is 5.57. The molecule has 0 saturated heterocycles. The van der Waals surface area contributed by atoms with Crippen molar-refractivity contribution >= 4 is 33.8 Å². The molecule has 1 N–H and O–H groups in total. The number of benzene rings is 1. The molecule has 0 aliphatic carbocycles. The highest BCUT2D eigenvalue weighted by Crippen LogP contribution is 2.32. The fourth-order valence-electron chi connectivity index (χ4n) is 2.45. The van der Waals surface area contributed by atoms with Crippen molar-refractivity contribution in [2.24, 2.45) is 0 Å². The molecule has 0 unspecified atom stereocenters. The van der Waals surface area contributed by atoms with Crippen molar-refractivity contribution in [3.8, 4) is 11.5 Å². The molecule has 118 valence electrons. The molecule has 1 aliphatic heterocycles. The Morgan fingerprint density at radius 1 is 1.43 bits per heavy atom. The lowest BCUT2D eigenvalue weighted by molar-refractivity contribution is 0.0945. The van der Waals surface area contributed by atoms with Gasteiger partial charge in [-0.05, 0) is 24.6 Å². The summed E-state index contributed by atoms with van der Waals surface area (Å²) in [7, 11) is 0. The van der Waals surface area contributed by atoms with Gasteiger partial charge in [-0.2, -0.15) is 0 Å². The minimum Gasteiger partial charge on any atom is -0.454 e. The first-order valence-corrected chi connectivity index (χ1v) is 8.12. The number of carbonyl (C=O) groups excluding carboxylic acids is 1. The van der Waals surface area contributed by atoms with Crippen molar-refractivity contribution in [1.82, 2.24) is 14.7 Å². The SMILES string of the molecule is Cc1cn2c(C(=O)NCc3ccc4c(c3)OCO4)c(Cl)nc2s1. The Morgan fingerprint density at radius 2 is 2.26 bits per heavy atom. The minimum absolute atomic E-state index is 0.208. The lowest BCUT2D eigenvalue weighted by atomic mass is 10.2. The average Bonchev–Trinajstić information content (AvgIpc) is 3.17. The molecule has 8 heteroatoms.